The average molecular weight is 256 g/mol. The van der Waals surface area contributed by atoms with E-state index >= 15 is 0 Å². The van der Waals surface area contributed by atoms with E-state index < -0.39 is 15.9 Å². The van der Waals surface area contributed by atoms with E-state index in [0.29, 0.717) is 12.2 Å². The molecule has 1 aliphatic rings. The third kappa shape index (κ3) is 3.44. The third-order valence-electron chi connectivity index (χ3n) is 2.98. The molecule has 0 bridgehead atoms. The number of aliphatic hydroxyl groups excluding tert-OH is 1. The first-order valence-corrected chi connectivity index (χ1v) is 7.45. The van der Waals surface area contributed by atoms with Crippen molar-refractivity contribution in [2.75, 3.05) is 18.1 Å². The minimum Gasteiger partial charge on any atom is -0.491 e. The van der Waals surface area contributed by atoms with Gasteiger partial charge in [0, 0.05) is 5.92 Å². The Morgan fingerprint density at radius 1 is 1.35 bits per heavy atom. The van der Waals surface area contributed by atoms with Crippen molar-refractivity contribution in [1.29, 1.82) is 0 Å². The lowest BCUT2D eigenvalue weighted by Crippen LogP contribution is -2.28. The Balaban J connectivity index is 1.84. The summed E-state index contributed by atoms with van der Waals surface area (Å²) >= 11 is 0. The van der Waals surface area contributed by atoms with Gasteiger partial charge in [0.05, 0.1) is 17.6 Å². The Hall–Kier alpha value is -1.07. The SMILES string of the molecule is O=S1(=O)CCC(C(O)COc2ccccc2)C1. The summed E-state index contributed by atoms with van der Waals surface area (Å²) in [6, 6.07) is 9.19. The van der Waals surface area contributed by atoms with Crippen LogP contribution in [0.2, 0.25) is 0 Å². The maximum atomic E-state index is 11.3. The van der Waals surface area contributed by atoms with Gasteiger partial charge in [-0.05, 0) is 18.6 Å². The van der Waals surface area contributed by atoms with E-state index in [1.54, 1.807) is 12.1 Å². The predicted molar refractivity (Wildman–Crippen MR) is 64.7 cm³/mol. The van der Waals surface area contributed by atoms with Crippen LogP contribution >= 0.6 is 0 Å². The molecule has 0 amide bonds. The number of hydrogen-bond donors (Lipinski definition) is 1. The van der Waals surface area contributed by atoms with E-state index in [9.17, 15) is 13.5 Å². The number of aliphatic hydroxyl groups is 1. The molecule has 1 aromatic carbocycles. The zero-order valence-electron chi connectivity index (χ0n) is 9.45. The van der Waals surface area contributed by atoms with Crippen LogP contribution in [0.25, 0.3) is 0 Å². The van der Waals surface area contributed by atoms with E-state index in [0.717, 1.165) is 0 Å². The standard InChI is InChI=1S/C12H16O4S/c13-12(10-6-7-17(14,15)9-10)8-16-11-4-2-1-3-5-11/h1-5,10,12-13H,6-9H2. The Morgan fingerprint density at radius 2 is 2.06 bits per heavy atom. The van der Waals surface area contributed by atoms with Gasteiger partial charge in [0.1, 0.15) is 12.4 Å². The van der Waals surface area contributed by atoms with Gasteiger partial charge >= 0.3 is 0 Å². The summed E-state index contributed by atoms with van der Waals surface area (Å²) in [5.74, 6) is 0.753. The lowest BCUT2D eigenvalue weighted by atomic mass is 10.0. The molecule has 0 aromatic heterocycles. The molecule has 2 unspecified atom stereocenters. The van der Waals surface area contributed by atoms with Gasteiger partial charge < -0.3 is 9.84 Å². The van der Waals surface area contributed by atoms with Crippen LogP contribution in [0.3, 0.4) is 0 Å². The first-order valence-electron chi connectivity index (χ1n) is 5.63. The van der Waals surface area contributed by atoms with Crippen LogP contribution in [0.1, 0.15) is 6.42 Å². The fourth-order valence-corrected chi connectivity index (χ4v) is 3.83. The van der Waals surface area contributed by atoms with E-state index in [2.05, 4.69) is 0 Å². The molecule has 1 fully saturated rings. The van der Waals surface area contributed by atoms with E-state index in [-0.39, 0.29) is 24.0 Å². The Morgan fingerprint density at radius 3 is 2.65 bits per heavy atom. The van der Waals surface area contributed by atoms with Gasteiger partial charge in [-0.2, -0.15) is 0 Å². The van der Waals surface area contributed by atoms with Crippen molar-refractivity contribution in [2.24, 2.45) is 5.92 Å². The highest BCUT2D eigenvalue weighted by atomic mass is 32.2. The highest BCUT2D eigenvalue weighted by Crippen LogP contribution is 2.22. The van der Waals surface area contributed by atoms with Gasteiger partial charge in [0.2, 0.25) is 0 Å². The maximum Gasteiger partial charge on any atom is 0.150 e. The minimum atomic E-state index is -2.94. The molecule has 1 heterocycles. The summed E-state index contributed by atoms with van der Waals surface area (Å²) in [4.78, 5) is 0. The van der Waals surface area contributed by atoms with Gasteiger partial charge in [-0.25, -0.2) is 8.42 Å². The average Bonchev–Trinajstić information content (AvgIpc) is 2.68. The fourth-order valence-electron chi connectivity index (χ4n) is 1.96. The predicted octanol–water partition coefficient (Wildman–Crippen LogP) is 0.861. The number of benzene rings is 1. The highest BCUT2D eigenvalue weighted by molar-refractivity contribution is 7.91. The molecule has 0 saturated carbocycles. The number of para-hydroxylation sites is 1. The summed E-state index contributed by atoms with van der Waals surface area (Å²) in [5.41, 5.74) is 0. The Labute approximate surface area is 101 Å². The van der Waals surface area contributed by atoms with E-state index in [1.165, 1.54) is 0 Å². The van der Waals surface area contributed by atoms with Crippen molar-refractivity contribution in [2.45, 2.75) is 12.5 Å². The molecular formula is C12H16O4S. The topological polar surface area (TPSA) is 63.6 Å². The Kier molecular flexibility index (Phi) is 3.69. The van der Waals surface area contributed by atoms with Crippen LogP contribution in [0.5, 0.6) is 5.75 Å². The van der Waals surface area contributed by atoms with Crippen molar-refractivity contribution in [1.82, 2.24) is 0 Å². The minimum absolute atomic E-state index is 0.0757. The molecule has 4 nitrogen and oxygen atoms in total. The molecule has 0 radical (unpaired) electrons. The van der Waals surface area contributed by atoms with Gasteiger partial charge in [0.15, 0.2) is 9.84 Å². The van der Waals surface area contributed by atoms with Gasteiger partial charge in [0.25, 0.3) is 0 Å². The molecule has 2 rings (SSSR count). The molecule has 1 N–H and O–H groups in total. The number of rotatable bonds is 4. The van der Waals surface area contributed by atoms with Gasteiger partial charge in [-0.15, -0.1) is 0 Å². The number of sulfone groups is 1. The monoisotopic (exact) mass is 256 g/mol. The van der Waals surface area contributed by atoms with Crippen LogP contribution in [0.4, 0.5) is 0 Å². The normalized spacial score (nSPS) is 24.4. The van der Waals surface area contributed by atoms with Crippen LogP contribution in [0, 0.1) is 5.92 Å². The second-order valence-electron chi connectivity index (χ2n) is 4.35. The second-order valence-corrected chi connectivity index (χ2v) is 6.58. The van der Waals surface area contributed by atoms with Gasteiger partial charge in [-0.3, -0.25) is 0 Å². The number of hydrogen-bond acceptors (Lipinski definition) is 4. The smallest absolute Gasteiger partial charge is 0.150 e. The molecule has 5 heteroatoms. The molecule has 1 aliphatic heterocycles. The fraction of sp³-hybridized carbons (Fsp3) is 0.500. The lowest BCUT2D eigenvalue weighted by molar-refractivity contribution is 0.0661. The molecule has 17 heavy (non-hydrogen) atoms. The lowest BCUT2D eigenvalue weighted by Gasteiger charge is -2.17. The molecule has 1 saturated heterocycles. The first-order chi connectivity index (χ1) is 8.07. The molecular weight excluding hydrogens is 240 g/mol. The summed E-state index contributed by atoms with van der Waals surface area (Å²) in [6.45, 7) is 0.143. The van der Waals surface area contributed by atoms with Crippen LogP contribution < -0.4 is 4.74 Å². The van der Waals surface area contributed by atoms with Crippen molar-refractivity contribution in [3.05, 3.63) is 30.3 Å². The molecule has 0 aliphatic carbocycles. The Bertz CT molecular complexity index is 455. The van der Waals surface area contributed by atoms with Crippen LogP contribution in [0.15, 0.2) is 30.3 Å². The van der Waals surface area contributed by atoms with Gasteiger partial charge in [-0.1, -0.05) is 18.2 Å². The van der Waals surface area contributed by atoms with Crippen molar-refractivity contribution >= 4 is 9.84 Å². The summed E-state index contributed by atoms with van der Waals surface area (Å²) < 4.78 is 27.9. The quantitative estimate of drug-likeness (QED) is 0.868. The summed E-state index contributed by atoms with van der Waals surface area (Å²) in [7, 11) is -2.94. The third-order valence-corrected chi connectivity index (χ3v) is 4.77. The molecule has 94 valence electrons. The second kappa shape index (κ2) is 5.06. The van der Waals surface area contributed by atoms with Crippen LogP contribution in [-0.4, -0.2) is 37.7 Å². The summed E-state index contributed by atoms with van der Waals surface area (Å²) in [6.07, 6.45) is -0.186. The largest absolute Gasteiger partial charge is 0.491 e. The molecule has 0 spiro atoms. The number of ether oxygens (including phenoxy) is 1. The zero-order valence-corrected chi connectivity index (χ0v) is 10.3. The van der Waals surface area contributed by atoms with E-state index in [1.807, 2.05) is 18.2 Å². The maximum absolute atomic E-state index is 11.3. The van der Waals surface area contributed by atoms with Crippen molar-refractivity contribution in [3.8, 4) is 5.75 Å². The molecule has 2 atom stereocenters. The van der Waals surface area contributed by atoms with Crippen molar-refractivity contribution in [3.63, 3.8) is 0 Å². The zero-order chi connectivity index (χ0) is 12.3. The summed E-state index contributed by atoms with van der Waals surface area (Å²) in [5, 5.41) is 9.85. The highest BCUT2D eigenvalue weighted by Gasteiger charge is 2.33. The van der Waals surface area contributed by atoms with Crippen LogP contribution in [-0.2, 0) is 9.84 Å². The van der Waals surface area contributed by atoms with E-state index in [4.69, 9.17) is 4.74 Å². The van der Waals surface area contributed by atoms with Crippen molar-refractivity contribution < 1.29 is 18.3 Å². The first kappa shape index (κ1) is 12.4. The molecule has 1 aromatic rings.